The monoisotopic (exact) mass is 285 g/mol. The molecule has 0 fully saturated rings. The van der Waals surface area contributed by atoms with E-state index in [0.29, 0.717) is 0 Å². The van der Waals surface area contributed by atoms with E-state index in [0.717, 1.165) is 30.3 Å². The highest BCUT2D eigenvalue weighted by Gasteiger charge is 2.05. The van der Waals surface area contributed by atoms with Gasteiger partial charge in [-0.1, -0.05) is 13.0 Å². The first kappa shape index (κ1) is 13.3. The predicted molar refractivity (Wildman–Crippen MR) is 85.3 cm³/mol. The van der Waals surface area contributed by atoms with Gasteiger partial charge in [-0.3, -0.25) is 0 Å². The number of hydrogen-bond acceptors (Lipinski definition) is 3. The van der Waals surface area contributed by atoms with Gasteiger partial charge in [-0.05, 0) is 42.6 Å². The maximum absolute atomic E-state index is 4.54. The molecule has 0 aliphatic heterocycles. The minimum Gasteiger partial charge on any atom is -0.341 e. The van der Waals surface area contributed by atoms with Gasteiger partial charge in [0.2, 0.25) is 0 Å². The molecule has 0 aliphatic carbocycles. The van der Waals surface area contributed by atoms with Crippen LogP contribution in [0.2, 0.25) is 0 Å². The minimum atomic E-state index is 0.848. The zero-order valence-electron chi connectivity index (χ0n) is 11.9. The van der Waals surface area contributed by atoms with Gasteiger partial charge >= 0.3 is 0 Å². The van der Waals surface area contributed by atoms with Gasteiger partial charge < -0.3 is 9.88 Å². The Hall–Kier alpha value is -1.65. The number of nitrogens with zero attached hydrogens (tertiary/aromatic N) is 2. The van der Waals surface area contributed by atoms with E-state index in [1.807, 2.05) is 0 Å². The predicted octanol–water partition coefficient (Wildman–Crippen LogP) is 3.56. The lowest BCUT2D eigenvalue weighted by Gasteiger charge is -2.05. The second-order valence-electron chi connectivity index (χ2n) is 4.97. The summed E-state index contributed by atoms with van der Waals surface area (Å²) in [6.07, 6.45) is 2.15. The summed E-state index contributed by atoms with van der Waals surface area (Å²) in [5.74, 6) is 0. The third-order valence-electron chi connectivity index (χ3n) is 3.41. The molecule has 0 aliphatic rings. The van der Waals surface area contributed by atoms with Gasteiger partial charge in [-0.2, -0.15) is 0 Å². The molecule has 0 saturated heterocycles. The van der Waals surface area contributed by atoms with Crippen molar-refractivity contribution >= 4 is 22.2 Å². The lowest BCUT2D eigenvalue weighted by atomic mass is 10.1. The van der Waals surface area contributed by atoms with Crippen LogP contribution in [0.15, 0.2) is 35.8 Å². The molecule has 0 amide bonds. The lowest BCUT2D eigenvalue weighted by Crippen LogP contribution is -2.11. The summed E-state index contributed by atoms with van der Waals surface area (Å²) in [6, 6.07) is 8.86. The van der Waals surface area contributed by atoms with Crippen molar-refractivity contribution in [3.05, 3.63) is 52.1 Å². The Morgan fingerprint density at radius 1 is 1.30 bits per heavy atom. The van der Waals surface area contributed by atoms with Crippen molar-refractivity contribution in [1.82, 2.24) is 14.9 Å². The Morgan fingerprint density at radius 3 is 2.95 bits per heavy atom. The largest absolute Gasteiger partial charge is 0.341 e. The molecule has 104 valence electrons. The van der Waals surface area contributed by atoms with Crippen molar-refractivity contribution in [2.45, 2.75) is 26.9 Å². The van der Waals surface area contributed by atoms with Crippen LogP contribution in [0.25, 0.3) is 10.9 Å². The second-order valence-corrected chi connectivity index (χ2v) is 6.04. The molecule has 0 unspecified atom stereocenters. The van der Waals surface area contributed by atoms with Crippen LogP contribution in [0.4, 0.5) is 0 Å². The molecule has 3 aromatic rings. The van der Waals surface area contributed by atoms with Crippen LogP contribution in [-0.2, 0) is 13.1 Å². The maximum atomic E-state index is 4.54. The number of aromatic nitrogens is 2. The number of thiazole rings is 1. The quantitative estimate of drug-likeness (QED) is 0.776. The minimum absolute atomic E-state index is 0.848. The Labute approximate surface area is 123 Å². The van der Waals surface area contributed by atoms with Gasteiger partial charge in [0.05, 0.1) is 17.2 Å². The number of aryl methyl sites for hydroxylation is 1. The van der Waals surface area contributed by atoms with Crippen molar-refractivity contribution in [2.75, 3.05) is 6.54 Å². The average molecular weight is 285 g/mol. The number of nitrogens with one attached hydrogen (secondary N) is 1. The van der Waals surface area contributed by atoms with Gasteiger partial charge in [0.1, 0.15) is 0 Å². The SMILES string of the molecule is CCNCc1ccc2c(ccn2Cc2csc(C)n2)c1. The molecule has 1 aromatic carbocycles. The van der Waals surface area contributed by atoms with Gasteiger partial charge in [-0.25, -0.2) is 4.98 Å². The molecule has 0 atom stereocenters. The fourth-order valence-electron chi connectivity index (χ4n) is 2.42. The summed E-state index contributed by atoms with van der Waals surface area (Å²) in [5, 5.41) is 7.93. The fourth-order valence-corrected chi connectivity index (χ4v) is 3.03. The first-order valence-corrected chi connectivity index (χ1v) is 7.83. The lowest BCUT2D eigenvalue weighted by molar-refractivity contribution is 0.727. The third kappa shape index (κ3) is 2.76. The molecule has 0 spiro atoms. The van der Waals surface area contributed by atoms with Gasteiger partial charge in [0, 0.05) is 23.6 Å². The Bertz CT molecular complexity index is 711. The molecular weight excluding hydrogens is 266 g/mol. The van der Waals surface area contributed by atoms with Gasteiger partial charge in [-0.15, -0.1) is 11.3 Å². The number of fused-ring (bicyclic) bond motifs is 1. The van der Waals surface area contributed by atoms with E-state index in [2.05, 4.69) is 64.6 Å². The average Bonchev–Trinajstić information content (AvgIpc) is 3.04. The maximum Gasteiger partial charge on any atom is 0.0898 e. The summed E-state index contributed by atoms with van der Waals surface area (Å²) < 4.78 is 2.26. The van der Waals surface area contributed by atoms with Gasteiger partial charge in [0.15, 0.2) is 0 Å². The molecule has 20 heavy (non-hydrogen) atoms. The van der Waals surface area contributed by atoms with Crippen LogP contribution in [0.3, 0.4) is 0 Å². The van der Waals surface area contributed by atoms with Crippen molar-refractivity contribution in [3.8, 4) is 0 Å². The summed E-state index contributed by atoms with van der Waals surface area (Å²) in [4.78, 5) is 4.54. The number of hydrogen-bond donors (Lipinski definition) is 1. The van der Waals surface area contributed by atoms with E-state index in [4.69, 9.17) is 0 Å². The van der Waals surface area contributed by atoms with E-state index in [-0.39, 0.29) is 0 Å². The van der Waals surface area contributed by atoms with Gasteiger partial charge in [0.25, 0.3) is 0 Å². The van der Waals surface area contributed by atoms with E-state index in [9.17, 15) is 0 Å². The van der Waals surface area contributed by atoms with Crippen LogP contribution in [0, 0.1) is 6.92 Å². The zero-order valence-corrected chi connectivity index (χ0v) is 12.7. The normalized spacial score (nSPS) is 11.3. The molecular formula is C16H19N3S. The Kier molecular flexibility index (Phi) is 3.85. The van der Waals surface area contributed by atoms with E-state index in [1.165, 1.54) is 16.5 Å². The number of benzene rings is 1. The molecule has 2 heterocycles. The topological polar surface area (TPSA) is 29.9 Å². The van der Waals surface area contributed by atoms with Crippen LogP contribution in [-0.4, -0.2) is 16.1 Å². The van der Waals surface area contributed by atoms with Crippen LogP contribution in [0.1, 0.15) is 23.2 Å². The highest BCUT2D eigenvalue weighted by molar-refractivity contribution is 7.09. The summed E-state index contributed by atoms with van der Waals surface area (Å²) >= 11 is 1.71. The first-order valence-electron chi connectivity index (χ1n) is 6.96. The summed E-state index contributed by atoms with van der Waals surface area (Å²) in [5.41, 5.74) is 3.75. The standard InChI is InChI=1S/C16H19N3S/c1-3-17-9-13-4-5-16-14(8-13)6-7-19(16)10-15-11-20-12(2)18-15/h4-8,11,17H,3,9-10H2,1-2H3. The highest BCUT2D eigenvalue weighted by atomic mass is 32.1. The Balaban J connectivity index is 1.85. The summed E-state index contributed by atoms with van der Waals surface area (Å²) in [7, 11) is 0. The molecule has 1 N–H and O–H groups in total. The molecule has 0 bridgehead atoms. The molecule has 0 radical (unpaired) electrons. The highest BCUT2D eigenvalue weighted by Crippen LogP contribution is 2.19. The van der Waals surface area contributed by atoms with Crippen molar-refractivity contribution in [1.29, 1.82) is 0 Å². The van der Waals surface area contributed by atoms with Crippen LogP contribution < -0.4 is 5.32 Å². The molecule has 4 heteroatoms. The van der Waals surface area contributed by atoms with E-state index >= 15 is 0 Å². The Morgan fingerprint density at radius 2 is 2.20 bits per heavy atom. The van der Waals surface area contributed by atoms with Crippen molar-refractivity contribution in [2.24, 2.45) is 0 Å². The fraction of sp³-hybridized carbons (Fsp3) is 0.312. The number of rotatable bonds is 5. The summed E-state index contributed by atoms with van der Waals surface area (Å²) in [6.45, 7) is 6.96. The van der Waals surface area contributed by atoms with E-state index < -0.39 is 0 Å². The third-order valence-corrected chi connectivity index (χ3v) is 4.24. The smallest absolute Gasteiger partial charge is 0.0898 e. The molecule has 3 rings (SSSR count). The first-order chi connectivity index (χ1) is 9.76. The van der Waals surface area contributed by atoms with Crippen molar-refractivity contribution in [3.63, 3.8) is 0 Å². The second kappa shape index (κ2) is 5.77. The van der Waals surface area contributed by atoms with E-state index in [1.54, 1.807) is 11.3 Å². The molecule has 0 saturated carbocycles. The molecule has 3 nitrogen and oxygen atoms in total. The van der Waals surface area contributed by atoms with Crippen LogP contribution in [0.5, 0.6) is 0 Å². The molecule has 2 aromatic heterocycles. The van der Waals surface area contributed by atoms with Crippen LogP contribution >= 0.6 is 11.3 Å². The van der Waals surface area contributed by atoms with Crippen molar-refractivity contribution < 1.29 is 0 Å². The zero-order chi connectivity index (χ0) is 13.9.